The number of likely N-dealkylation sites (tertiary alicyclic amines) is 1. The van der Waals surface area contributed by atoms with E-state index in [-0.39, 0.29) is 11.6 Å². The molecule has 0 aromatic rings. The maximum absolute atomic E-state index is 10.0. The molecule has 1 rings (SSSR count). The molecule has 3 heteroatoms. The van der Waals surface area contributed by atoms with Crippen LogP contribution in [0.25, 0.3) is 0 Å². The van der Waals surface area contributed by atoms with Crippen LogP contribution in [0.5, 0.6) is 0 Å². The average Bonchev–Trinajstić information content (AvgIpc) is 2.18. The van der Waals surface area contributed by atoms with E-state index >= 15 is 0 Å². The van der Waals surface area contributed by atoms with E-state index in [0.29, 0.717) is 6.54 Å². The van der Waals surface area contributed by atoms with Gasteiger partial charge in [0.05, 0.1) is 6.10 Å². The largest absolute Gasteiger partial charge is 0.390 e. The van der Waals surface area contributed by atoms with Gasteiger partial charge in [0.25, 0.3) is 0 Å². The summed E-state index contributed by atoms with van der Waals surface area (Å²) in [5.74, 6) is 0. The first kappa shape index (κ1) is 14.9. The Morgan fingerprint density at radius 3 is 2.12 bits per heavy atom. The molecule has 1 saturated heterocycles. The van der Waals surface area contributed by atoms with Crippen molar-refractivity contribution in [1.29, 1.82) is 0 Å². The molecular weight excluding hydrogens is 212 g/mol. The van der Waals surface area contributed by atoms with Crippen molar-refractivity contribution in [3.8, 4) is 0 Å². The number of β-amino-alcohol motifs (C(OH)–C–C–N with tert-alkyl or cyclic N) is 1. The topological polar surface area (TPSA) is 35.5 Å². The van der Waals surface area contributed by atoms with Crippen LogP contribution in [0.3, 0.4) is 0 Å². The fraction of sp³-hybridized carbons (Fsp3) is 1.00. The van der Waals surface area contributed by atoms with E-state index in [4.69, 9.17) is 0 Å². The summed E-state index contributed by atoms with van der Waals surface area (Å²) in [4.78, 5) is 2.42. The van der Waals surface area contributed by atoms with Crippen molar-refractivity contribution in [2.45, 2.75) is 64.5 Å². The number of hydrogen-bond acceptors (Lipinski definition) is 3. The predicted molar refractivity (Wildman–Crippen MR) is 73.3 cm³/mol. The van der Waals surface area contributed by atoms with Gasteiger partial charge in [0, 0.05) is 18.6 Å². The van der Waals surface area contributed by atoms with Crippen LogP contribution >= 0.6 is 0 Å². The van der Waals surface area contributed by atoms with Gasteiger partial charge in [0.15, 0.2) is 0 Å². The van der Waals surface area contributed by atoms with Gasteiger partial charge < -0.3 is 15.3 Å². The van der Waals surface area contributed by atoms with Crippen LogP contribution in [0, 0.1) is 0 Å². The van der Waals surface area contributed by atoms with Crippen molar-refractivity contribution in [3.63, 3.8) is 0 Å². The third-order valence-corrected chi connectivity index (χ3v) is 3.29. The summed E-state index contributed by atoms with van der Waals surface area (Å²) in [6.45, 7) is 10.2. The molecule has 102 valence electrons. The molecule has 0 aliphatic carbocycles. The molecular formula is C14H30N2O. The van der Waals surface area contributed by atoms with Gasteiger partial charge in [-0.25, -0.2) is 0 Å². The van der Waals surface area contributed by atoms with E-state index in [2.05, 4.69) is 31.0 Å². The van der Waals surface area contributed by atoms with Crippen molar-refractivity contribution >= 4 is 0 Å². The first-order valence-electron chi connectivity index (χ1n) is 7.13. The average molecular weight is 242 g/mol. The fourth-order valence-electron chi connectivity index (χ4n) is 2.28. The quantitative estimate of drug-likeness (QED) is 0.791. The first-order valence-corrected chi connectivity index (χ1v) is 7.13. The van der Waals surface area contributed by atoms with Gasteiger partial charge in [0.2, 0.25) is 0 Å². The summed E-state index contributed by atoms with van der Waals surface area (Å²) in [7, 11) is 0. The van der Waals surface area contributed by atoms with Gasteiger partial charge in [-0.3, -0.25) is 0 Å². The third-order valence-electron chi connectivity index (χ3n) is 3.29. The Labute approximate surface area is 107 Å². The van der Waals surface area contributed by atoms with Gasteiger partial charge in [-0.2, -0.15) is 0 Å². The zero-order valence-electron chi connectivity index (χ0n) is 11.8. The second kappa shape index (κ2) is 7.34. The molecule has 2 N–H and O–H groups in total. The zero-order chi connectivity index (χ0) is 12.7. The maximum Gasteiger partial charge on any atom is 0.0791 e. The molecule has 1 heterocycles. The lowest BCUT2D eigenvalue weighted by Gasteiger charge is -2.28. The molecule has 17 heavy (non-hydrogen) atoms. The van der Waals surface area contributed by atoms with Crippen molar-refractivity contribution in [2.24, 2.45) is 0 Å². The Balaban J connectivity index is 2.21. The number of aliphatic hydroxyl groups is 1. The highest BCUT2D eigenvalue weighted by Gasteiger charge is 2.15. The molecule has 0 radical (unpaired) electrons. The summed E-state index contributed by atoms with van der Waals surface area (Å²) in [5.41, 5.74) is 0.0945. The Kier molecular flexibility index (Phi) is 6.45. The lowest BCUT2D eigenvalue weighted by molar-refractivity contribution is 0.100. The van der Waals surface area contributed by atoms with E-state index in [9.17, 15) is 5.11 Å². The van der Waals surface area contributed by atoms with E-state index in [0.717, 1.165) is 19.6 Å². The molecule has 3 nitrogen and oxygen atoms in total. The van der Waals surface area contributed by atoms with E-state index in [1.54, 1.807) is 0 Å². The fourth-order valence-corrected chi connectivity index (χ4v) is 2.28. The molecule has 1 fully saturated rings. The van der Waals surface area contributed by atoms with Gasteiger partial charge in [0.1, 0.15) is 0 Å². The van der Waals surface area contributed by atoms with Crippen LogP contribution in [0.2, 0.25) is 0 Å². The molecule has 0 bridgehead atoms. The highest BCUT2D eigenvalue weighted by molar-refractivity contribution is 4.75. The van der Waals surface area contributed by atoms with Crippen LogP contribution in [-0.4, -0.2) is 47.8 Å². The van der Waals surface area contributed by atoms with Gasteiger partial charge in [-0.15, -0.1) is 0 Å². The minimum atomic E-state index is -0.242. The van der Waals surface area contributed by atoms with Gasteiger partial charge >= 0.3 is 0 Å². The molecule has 0 amide bonds. The number of aliphatic hydroxyl groups excluding tert-OH is 1. The molecule has 1 aliphatic rings. The molecule has 1 aliphatic heterocycles. The second-order valence-electron chi connectivity index (χ2n) is 6.35. The van der Waals surface area contributed by atoms with Crippen LogP contribution in [0.4, 0.5) is 0 Å². The Morgan fingerprint density at radius 1 is 1.06 bits per heavy atom. The highest BCUT2D eigenvalue weighted by Crippen LogP contribution is 2.10. The SMILES string of the molecule is CC(C)(C)NCC(O)CN1CCCCCCC1. The highest BCUT2D eigenvalue weighted by atomic mass is 16.3. The Bertz CT molecular complexity index is 193. The monoisotopic (exact) mass is 242 g/mol. The third kappa shape index (κ3) is 7.74. The minimum Gasteiger partial charge on any atom is -0.390 e. The molecule has 0 spiro atoms. The Hall–Kier alpha value is -0.120. The predicted octanol–water partition coefficient (Wildman–Crippen LogP) is 2.00. The number of hydrogen-bond donors (Lipinski definition) is 2. The normalized spacial score (nSPS) is 21.9. The number of nitrogens with zero attached hydrogens (tertiary/aromatic N) is 1. The molecule has 0 aromatic carbocycles. The molecule has 0 aromatic heterocycles. The molecule has 1 unspecified atom stereocenters. The van der Waals surface area contributed by atoms with Crippen molar-refractivity contribution < 1.29 is 5.11 Å². The van der Waals surface area contributed by atoms with E-state index in [1.165, 1.54) is 32.1 Å². The molecule has 0 saturated carbocycles. The molecule has 1 atom stereocenters. The van der Waals surface area contributed by atoms with E-state index < -0.39 is 0 Å². The van der Waals surface area contributed by atoms with Gasteiger partial charge in [-0.1, -0.05) is 19.3 Å². The van der Waals surface area contributed by atoms with Crippen LogP contribution < -0.4 is 5.32 Å². The zero-order valence-corrected chi connectivity index (χ0v) is 11.8. The number of rotatable bonds is 4. The minimum absolute atomic E-state index is 0.0945. The Morgan fingerprint density at radius 2 is 1.59 bits per heavy atom. The maximum atomic E-state index is 10.0. The standard InChI is InChI=1S/C14H30N2O/c1-14(2,3)15-11-13(17)12-16-9-7-5-4-6-8-10-16/h13,15,17H,4-12H2,1-3H3. The van der Waals surface area contributed by atoms with Gasteiger partial charge in [-0.05, 0) is 46.7 Å². The smallest absolute Gasteiger partial charge is 0.0791 e. The summed E-state index contributed by atoms with van der Waals surface area (Å²) in [6, 6.07) is 0. The summed E-state index contributed by atoms with van der Waals surface area (Å²) < 4.78 is 0. The second-order valence-corrected chi connectivity index (χ2v) is 6.35. The van der Waals surface area contributed by atoms with Crippen LogP contribution in [0.1, 0.15) is 52.9 Å². The van der Waals surface area contributed by atoms with Crippen LogP contribution in [0.15, 0.2) is 0 Å². The lowest BCUT2D eigenvalue weighted by Crippen LogP contribution is -2.45. The summed E-state index contributed by atoms with van der Waals surface area (Å²) in [6.07, 6.45) is 6.44. The van der Waals surface area contributed by atoms with Crippen molar-refractivity contribution in [1.82, 2.24) is 10.2 Å². The summed E-state index contributed by atoms with van der Waals surface area (Å²) in [5, 5.41) is 13.4. The van der Waals surface area contributed by atoms with E-state index in [1.807, 2.05) is 0 Å². The lowest BCUT2D eigenvalue weighted by atomic mass is 10.1. The van der Waals surface area contributed by atoms with Crippen molar-refractivity contribution in [3.05, 3.63) is 0 Å². The summed E-state index contributed by atoms with van der Waals surface area (Å²) >= 11 is 0. The number of nitrogens with one attached hydrogen (secondary N) is 1. The van der Waals surface area contributed by atoms with Crippen molar-refractivity contribution in [2.75, 3.05) is 26.2 Å². The van der Waals surface area contributed by atoms with Crippen LogP contribution in [-0.2, 0) is 0 Å². The first-order chi connectivity index (χ1) is 7.97.